The Kier molecular flexibility index (Phi) is 6.34. The molecular weight excluding hydrogens is 376 g/mol. The van der Waals surface area contributed by atoms with E-state index in [1.54, 1.807) is 49.4 Å². The number of hydrogen-bond donors (Lipinski definition) is 3. The van der Waals surface area contributed by atoms with Gasteiger partial charge in [0.05, 0.1) is 17.3 Å². The average Bonchev–Trinajstić information content (AvgIpc) is 2.59. The van der Waals surface area contributed by atoms with E-state index in [9.17, 15) is 15.0 Å². The molecule has 0 heterocycles. The molecule has 0 aliphatic heterocycles. The lowest BCUT2D eigenvalue weighted by molar-refractivity contribution is -0.129. The third-order valence-electron chi connectivity index (χ3n) is 3.10. The van der Waals surface area contributed by atoms with E-state index >= 15 is 0 Å². The first-order valence-electron chi connectivity index (χ1n) is 7.24. The lowest BCUT2D eigenvalue weighted by Crippen LogP contribution is -2.25. The maximum atomic E-state index is 11.9. The minimum Gasteiger partial charge on any atom is -0.503 e. The van der Waals surface area contributed by atoms with Gasteiger partial charge in [-0.25, -0.2) is 5.43 Å². The summed E-state index contributed by atoms with van der Waals surface area (Å²) >= 11 is 3.22. The number of carbonyl (C=O) groups is 1. The van der Waals surface area contributed by atoms with Gasteiger partial charge in [0.15, 0.2) is 17.6 Å². The largest absolute Gasteiger partial charge is 0.503 e. The number of benzene rings is 2. The van der Waals surface area contributed by atoms with Gasteiger partial charge in [-0.1, -0.05) is 30.3 Å². The second kappa shape index (κ2) is 8.47. The Bertz CT molecular complexity index is 735. The van der Waals surface area contributed by atoms with E-state index < -0.39 is 12.0 Å². The van der Waals surface area contributed by atoms with Crippen molar-refractivity contribution < 1.29 is 19.7 Å². The first kappa shape index (κ1) is 18.0. The second-order valence-corrected chi connectivity index (χ2v) is 5.68. The molecule has 0 bridgehead atoms. The third kappa shape index (κ3) is 4.56. The van der Waals surface area contributed by atoms with Crippen LogP contribution in [0, 0.1) is 0 Å². The number of amides is 1. The smallest absolute Gasteiger partial charge is 0.273 e. The van der Waals surface area contributed by atoms with Crippen LogP contribution in [0.5, 0.6) is 11.5 Å². The average molecular weight is 393 g/mol. The summed E-state index contributed by atoms with van der Waals surface area (Å²) in [5.41, 5.74) is 3.37. The molecule has 0 aromatic heterocycles. The third-order valence-corrected chi connectivity index (χ3v) is 3.71. The quantitative estimate of drug-likeness (QED) is 0.520. The molecule has 24 heavy (non-hydrogen) atoms. The molecule has 0 aliphatic carbocycles. The predicted molar refractivity (Wildman–Crippen MR) is 94.1 cm³/mol. The van der Waals surface area contributed by atoms with Gasteiger partial charge in [0, 0.05) is 0 Å². The van der Waals surface area contributed by atoms with Crippen LogP contribution in [-0.4, -0.2) is 28.9 Å². The van der Waals surface area contributed by atoms with Gasteiger partial charge >= 0.3 is 0 Å². The molecule has 6 nitrogen and oxygen atoms in total. The Morgan fingerprint density at radius 3 is 2.75 bits per heavy atom. The highest BCUT2D eigenvalue weighted by Gasteiger charge is 2.16. The Balaban J connectivity index is 2.05. The number of nitrogens with zero attached hydrogens (tertiary/aromatic N) is 1. The van der Waals surface area contributed by atoms with Crippen molar-refractivity contribution in [3.63, 3.8) is 0 Å². The maximum absolute atomic E-state index is 11.9. The van der Waals surface area contributed by atoms with Crippen LogP contribution in [0.1, 0.15) is 24.2 Å². The molecule has 0 spiro atoms. The molecule has 126 valence electrons. The molecule has 2 rings (SSSR count). The lowest BCUT2D eigenvalue weighted by Gasteiger charge is -2.09. The summed E-state index contributed by atoms with van der Waals surface area (Å²) in [4.78, 5) is 11.9. The highest BCUT2D eigenvalue weighted by atomic mass is 79.9. The van der Waals surface area contributed by atoms with Gasteiger partial charge < -0.3 is 14.9 Å². The van der Waals surface area contributed by atoms with Gasteiger partial charge in [0.25, 0.3) is 5.91 Å². The van der Waals surface area contributed by atoms with Gasteiger partial charge in [-0.3, -0.25) is 4.79 Å². The van der Waals surface area contributed by atoms with E-state index in [1.165, 1.54) is 6.21 Å². The zero-order chi connectivity index (χ0) is 17.5. The van der Waals surface area contributed by atoms with E-state index in [-0.39, 0.29) is 5.75 Å². The molecule has 3 N–H and O–H groups in total. The molecule has 0 aliphatic rings. The number of phenolic OH excluding ortho intramolecular Hbond substituents is 1. The van der Waals surface area contributed by atoms with Crippen LogP contribution >= 0.6 is 15.9 Å². The summed E-state index contributed by atoms with van der Waals surface area (Å²) in [6, 6.07) is 11.8. The fourth-order valence-corrected chi connectivity index (χ4v) is 2.41. The summed E-state index contributed by atoms with van der Waals surface area (Å²) in [5, 5.41) is 23.6. The number of halogens is 1. The molecule has 0 saturated carbocycles. The number of aliphatic hydroxyl groups excluding tert-OH is 1. The summed E-state index contributed by atoms with van der Waals surface area (Å²) in [6.07, 6.45) is 0.0939. The number of phenols is 1. The molecule has 0 saturated heterocycles. The van der Waals surface area contributed by atoms with Crippen LogP contribution in [0.3, 0.4) is 0 Å². The van der Waals surface area contributed by atoms with Crippen molar-refractivity contribution in [3.05, 3.63) is 58.1 Å². The molecule has 0 fully saturated rings. The number of carbonyl (C=O) groups excluding carboxylic acids is 1. The number of aliphatic hydroxyl groups is 1. The SMILES string of the molecule is CCOc1cc(/C=N/NC(=O)[C@@H](O)c2ccccc2)cc(Br)c1O. The lowest BCUT2D eigenvalue weighted by atomic mass is 10.1. The highest BCUT2D eigenvalue weighted by Crippen LogP contribution is 2.35. The number of rotatable bonds is 6. The molecule has 7 heteroatoms. The van der Waals surface area contributed by atoms with Crippen molar-refractivity contribution >= 4 is 28.1 Å². The summed E-state index contributed by atoms with van der Waals surface area (Å²) in [6.45, 7) is 2.21. The predicted octanol–water partition coefficient (Wildman–Crippen LogP) is 2.74. The van der Waals surface area contributed by atoms with Crippen LogP contribution in [0.25, 0.3) is 0 Å². The molecule has 2 aromatic carbocycles. The number of ether oxygens (including phenoxy) is 1. The first-order valence-corrected chi connectivity index (χ1v) is 8.03. The molecule has 0 unspecified atom stereocenters. The highest BCUT2D eigenvalue weighted by molar-refractivity contribution is 9.10. The van der Waals surface area contributed by atoms with Gasteiger partial charge in [-0.05, 0) is 46.1 Å². The normalized spacial score (nSPS) is 12.1. The monoisotopic (exact) mass is 392 g/mol. The van der Waals surface area contributed by atoms with E-state index in [4.69, 9.17) is 4.74 Å². The molecule has 1 amide bonds. The van der Waals surface area contributed by atoms with Crippen molar-refractivity contribution in [1.29, 1.82) is 0 Å². The Hall–Kier alpha value is -2.38. The number of hydrogen-bond acceptors (Lipinski definition) is 5. The van der Waals surface area contributed by atoms with Gasteiger partial charge in [-0.2, -0.15) is 5.10 Å². The number of nitrogens with one attached hydrogen (secondary N) is 1. The Morgan fingerprint density at radius 2 is 2.08 bits per heavy atom. The minimum atomic E-state index is -1.30. The van der Waals surface area contributed by atoms with E-state index in [2.05, 4.69) is 26.5 Å². The van der Waals surface area contributed by atoms with Crippen molar-refractivity contribution in [3.8, 4) is 11.5 Å². The van der Waals surface area contributed by atoms with Crippen LogP contribution in [-0.2, 0) is 4.79 Å². The standard InChI is InChI=1S/C17H17BrN2O4/c1-2-24-14-9-11(8-13(18)16(14)22)10-19-20-17(23)15(21)12-6-4-3-5-7-12/h3-10,15,21-22H,2H2,1H3,(H,20,23)/b19-10+/t15-/m0/s1. The molecule has 0 radical (unpaired) electrons. The van der Waals surface area contributed by atoms with Gasteiger partial charge in [0.1, 0.15) is 0 Å². The van der Waals surface area contributed by atoms with Gasteiger partial charge in [-0.15, -0.1) is 0 Å². The van der Waals surface area contributed by atoms with Crippen LogP contribution in [0.2, 0.25) is 0 Å². The zero-order valence-corrected chi connectivity index (χ0v) is 14.5. The minimum absolute atomic E-state index is 0.00228. The molecule has 1 atom stereocenters. The first-order chi connectivity index (χ1) is 11.5. The van der Waals surface area contributed by atoms with Crippen molar-refractivity contribution in [2.75, 3.05) is 6.61 Å². The maximum Gasteiger partial charge on any atom is 0.273 e. The zero-order valence-electron chi connectivity index (χ0n) is 12.9. The van der Waals surface area contributed by atoms with Crippen LogP contribution < -0.4 is 10.2 Å². The fourth-order valence-electron chi connectivity index (χ4n) is 1.95. The molecular formula is C17H17BrN2O4. The summed E-state index contributed by atoms with van der Waals surface area (Å²) in [5.74, 6) is -0.332. The van der Waals surface area contributed by atoms with Crippen molar-refractivity contribution in [1.82, 2.24) is 5.43 Å². The van der Waals surface area contributed by atoms with Crippen LogP contribution in [0.4, 0.5) is 0 Å². The topological polar surface area (TPSA) is 91.2 Å². The fraction of sp³-hybridized carbons (Fsp3) is 0.176. The van der Waals surface area contributed by atoms with E-state index in [0.717, 1.165) is 0 Å². The number of hydrazone groups is 1. The second-order valence-electron chi connectivity index (χ2n) is 4.83. The van der Waals surface area contributed by atoms with Crippen molar-refractivity contribution in [2.24, 2.45) is 5.10 Å². The number of aromatic hydroxyl groups is 1. The van der Waals surface area contributed by atoms with Gasteiger partial charge in [0.2, 0.25) is 0 Å². The summed E-state index contributed by atoms with van der Waals surface area (Å²) in [7, 11) is 0. The molecule has 2 aromatic rings. The Labute approximate surface area is 147 Å². The van der Waals surface area contributed by atoms with E-state index in [0.29, 0.717) is 28.0 Å². The Morgan fingerprint density at radius 1 is 1.38 bits per heavy atom. The van der Waals surface area contributed by atoms with E-state index in [1.807, 2.05) is 0 Å². The van der Waals surface area contributed by atoms with Crippen LogP contribution in [0.15, 0.2) is 52.0 Å². The van der Waals surface area contributed by atoms with Crippen molar-refractivity contribution in [2.45, 2.75) is 13.0 Å². The summed E-state index contributed by atoms with van der Waals surface area (Å²) < 4.78 is 5.76.